The van der Waals surface area contributed by atoms with Crippen LogP contribution in [0.5, 0.6) is 0 Å². The van der Waals surface area contributed by atoms with E-state index in [9.17, 15) is 14.4 Å². The van der Waals surface area contributed by atoms with Gasteiger partial charge in [-0.25, -0.2) is 4.79 Å². The van der Waals surface area contributed by atoms with Gasteiger partial charge < -0.3 is 10.1 Å². The van der Waals surface area contributed by atoms with E-state index in [1.54, 1.807) is 6.92 Å². The molecule has 1 fully saturated rings. The fraction of sp³-hybridized carbons (Fsp3) is 0.471. The van der Waals surface area contributed by atoms with Gasteiger partial charge in [-0.3, -0.25) is 14.9 Å². The highest BCUT2D eigenvalue weighted by Crippen LogP contribution is 2.42. The summed E-state index contributed by atoms with van der Waals surface area (Å²) in [6.07, 6.45) is 3.34. The van der Waals surface area contributed by atoms with Gasteiger partial charge in [0.05, 0.1) is 5.41 Å². The molecule has 3 amide bonds. The Bertz CT molecular complexity index is 565. The summed E-state index contributed by atoms with van der Waals surface area (Å²) >= 11 is 0. The molecule has 0 unspecified atom stereocenters. The molecule has 2 rings (SSSR count). The third-order valence-electron chi connectivity index (χ3n) is 4.10. The summed E-state index contributed by atoms with van der Waals surface area (Å²) in [5.74, 6) is -1.03. The predicted molar refractivity (Wildman–Crippen MR) is 84.8 cm³/mol. The quantitative estimate of drug-likeness (QED) is 0.812. The minimum Gasteiger partial charge on any atom is -0.455 e. The highest BCUT2D eigenvalue weighted by Gasteiger charge is 2.44. The van der Waals surface area contributed by atoms with Crippen molar-refractivity contribution in [1.82, 2.24) is 10.6 Å². The molecule has 0 aromatic heterocycles. The van der Waals surface area contributed by atoms with Gasteiger partial charge in [0.25, 0.3) is 5.91 Å². The van der Waals surface area contributed by atoms with Crippen LogP contribution in [0.2, 0.25) is 0 Å². The van der Waals surface area contributed by atoms with Crippen molar-refractivity contribution in [3.63, 3.8) is 0 Å². The number of nitrogens with one attached hydrogen (secondary N) is 2. The third-order valence-corrected chi connectivity index (χ3v) is 4.10. The van der Waals surface area contributed by atoms with E-state index in [4.69, 9.17) is 4.74 Å². The summed E-state index contributed by atoms with van der Waals surface area (Å²) in [7, 11) is 0. The predicted octanol–water partition coefficient (Wildman–Crippen LogP) is 1.89. The second-order valence-corrected chi connectivity index (χ2v) is 5.64. The van der Waals surface area contributed by atoms with Crippen molar-refractivity contribution in [3.05, 3.63) is 35.9 Å². The first-order valence-electron chi connectivity index (χ1n) is 7.89. The van der Waals surface area contributed by atoms with Crippen molar-refractivity contribution in [1.29, 1.82) is 0 Å². The Hall–Kier alpha value is -2.37. The van der Waals surface area contributed by atoms with Crippen LogP contribution >= 0.6 is 0 Å². The second kappa shape index (κ2) is 7.76. The number of carbonyl (C=O) groups is 3. The molecule has 0 bridgehead atoms. The third kappa shape index (κ3) is 4.09. The van der Waals surface area contributed by atoms with E-state index in [2.05, 4.69) is 10.6 Å². The van der Waals surface area contributed by atoms with E-state index in [0.717, 1.165) is 18.4 Å². The summed E-state index contributed by atoms with van der Waals surface area (Å²) in [6, 6.07) is 8.93. The fourth-order valence-corrected chi connectivity index (χ4v) is 2.98. The number of ether oxygens (including phenoxy) is 1. The molecular formula is C17H22N2O4. The molecule has 1 aromatic rings. The Morgan fingerprint density at radius 1 is 1.13 bits per heavy atom. The van der Waals surface area contributed by atoms with E-state index in [1.807, 2.05) is 30.3 Å². The van der Waals surface area contributed by atoms with Crippen molar-refractivity contribution in [2.45, 2.75) is 38.0 Å². The van der Waals surface area contributed by atoms with E-state index >= 15 is 0 Å². The Morgan fingerprint density at radius 2 is 1.78 bits per heavy atom. The summed E-state index contributed by atoms with van der Waals surface area (Å²) in [6.45, 7) is 1.70. The largest absolute Gasteiger partial charge is 0.455 e. The monoisotopic (exact) mass is 318 g/mol. The van der Waals surface area contributed by atoms with Crippen LogP contribution in [-0.2, 0) is 19.7 Å². The van der Waals surface area contributed by atoms with Gasteiger partial charge in [-0.2, -0.15) is 0 Å². The number of hydrogen-bond acceptors (Lipinski definition) is 4. The van der Waals surface area contributed by atoms with E-state index in [-0.39, 0.29) is 0 Å². The number of hydrogen-bond donors (Lipinski definition) is 2. The minimum atomic E-state index is -0.673. The molecule has 0 saturated heterocycles. The van der Waals surface area contributed by atoms with E-state index in [1.165, 1.54) is 0 Å². The number of carbonyl (C=O) groups excluding carboxylic acids is 3. The van der Waals surface area contributed by atoms with Crippen LogP contribution in [0, 0.1) is 0 Å². The Morgan fingerprint density at radius 3 is 2.39 bits per heavy atom. The van der Waals surface area contributed by atoms with Crippen LogP contribution in [0.1, 0.15) is 38.2 Å². The molecule has 124 valence electrons. The molecule has 1 aliphatic carbocycles. The van der Waals surface area contributed by atoms with Crippen LogP contribution in [0.15, 0.2) is 30.3 Å². The van der Waals surface area contributed by atoms with Crippen LogP contribution in [0.4, 0.5) is 4.79 Å². The van der Waals surface area contributed by atoms with Gasteiger partial charge >= 0.3 is 12.0 Å². The second-order valence-electron chi connectivity index (χ2n) is 5.64. The molecule has 0 spiro atoms. The number of rotatable bonds is 5. The number of imide groups is 1. The van der Waals surface area contributed by atoms with Crippen molar-refractivity contribution < 1.29 is 19.1 Å². The normalized spacial score (nSPS) is 15.7. The van der Waals surface area contributed by atoms with Gasteiger partial charge in [-0.05, 0) is 25.3 Å². The maximum absolute atomic E-state index is 12.6. The van der Waals surface area contributed by atoms with Crippen molar-refractivity contribution in [3.8, 4) is 0 Å². The number of amides is 3. The summed E-state index contributed by atoms with van der Waals surface area (Å²) < 4.78 is 5.19. The zero-order valence-electron chi connectivity index (χ0n) is 13.3. The lowest BCUT2D eigenvalue weighted by molar-refractivity contribution is -0.154. The first kappa shape index (κ1) is 17.0. The first-order chi connectivity index (χ1) is 11.1. The van der Waals surface area contributed by atoms with Crippen molar-refractivity contribution in [2.24, 2.45) is 0 Å². The standard InChI is InChI=1S/C17H22N2O4/c1-2-18-16(22)19-14(20)12-23-15(21)17(10-6-7-11-17)13-8-4-3-5-9-13/h3-5,8-9H,2,6-7,10-12H2,1H3,(H2,18,19,20,22). The Kier molecular flexibility index (Phi) is 5.73. The summed E-state index contributed by atoms with van der Waals surface area (Å²) in [5.41, 5.74) is 0.249. The molecule has 2 N–H and O–H groups in total. The molecule has 1 aliphatic rings. The van der Waals surface area contributed by atoms with Crippen molar-refractivity contribution >= 4 is 17.9 Å². The van der Waals surface area contributed by atoms with E-state index in [0.29, 0.717) is 19.4 Å². The smallest absolute Gasteiger partial charge is 0.321 e. The minimum absolute atomic E-state index is 0.396. The molecule has 0 heterocycles. The molecule has 23 heavy (non-hydrogen) atoms. The van der Waals surface area contributed by atoms with Crippen LogP contribution in [0.3, 0.4) is 0 Å². The zero-order chi connectivity index (χ0) is 16.7. The molecule has 1 saturated carbocycles. The lowest BCUT2D eigenvalue weighted by Gasteiger charge is -2.27. The number of esters is 1. The fourth-order valence-electron chi connectivity index (χ4n) is 2.98. The van der Waals surface area contributed by atoms with Crippen LogP contribution in [-0.4, -0.2) is 31.1 Å². The SMILES string of the molecule is CCNC(=O)NC(=O)COC(=O)C1(c2ccccc2)CCCC1. The topological polar surface area (TPSA) is 84.5 Å². The Balaban J connectivity index is 1.98. The van der Waals surface area contributed by atoms with Gasteiger partial charge in [0.2, 0.25) is 0 Å². The molecule has 6 nitrogen and oxygen atoms in total. The number of benzene rings is 1. The van der Waals surface area contributed by atoms with Crippen molar-refractivity contribution in [2.75, 3.05) is 13.2 Å². The van der Waals surface area contributed by atoms with Crippen LogP contribution in [0.25, 0.3) is 0 Å². The average Bonchev–Trinajstić information content (AvgIpc) is 3.04. The molecule has 0 atom stereocenters. The molecule has 0 radical (unpaired) electrons. The molecular weight excluding hydrogens is 296 g/mol. The number of urea groups is 1. The van der Waals surface area contributed by atoms with E-state index < -0.39 is 29.9 Å². The maximum Gasteiger partial charge on any atom is 0.321 e. The zero-order valence-corrected chi connectivity index (χ0v) is 13.3. The van der Waals surface area contributed by atoms with Crippen LogP contribution < -0.4 is 10.6 Å². The Labute approximate surface area is 135 Å². The lowest BCUT2D eigenvalue weighted by atomic mass is 9.79. The summed E-state index contributed by atoms with van der Waals surface area (Å²) in [4.78, 5) is 35.5. The highest BCUT2D eigenvalue weighted by molar-refractivity contribution is 5.96. The molecule has 1 aromatic carbocycles. The maximum atomic E-state index is 12.6. The van der Waals surface area contributed by atoms with Gasteiger partial charge in [0.1, 0.15) is 0 Å². The summed E-state index contributed by atoms with van der Waals surface area (Å²) in [5, 5.41) is 4.55. The lowest BCUT2D eigenvalue weighted by Crippen LogP contribution is -2.42. The van der Waals surface area contributed by atoms with Gasteiger partial charge in [-0.1, -0.05) is 43.2 Å². The first-order valence-corrected chi connectivity index (χ1v) is 7.89. The molecule has 6 heteroatoms. The van der Waals surface area contributed by atoms with Gasteiger partial charge in [-0.15, -0.1) is 0 Å². The highest BCUT2D eigenvalue weighted by atomic mass is 16.5. The molecule has 0 aliphatic heterocycles. The van der Waals surface area contributed by atoms with Gasteiger partial charge in [0.15, 0.2) is 6.61 Å². The van der Waals surface area contributed by atoms with Gasteiger partial charge in [0, 0.05) is 6.54 Å². The average molecular weight is 318 g/mol.